The Morgan fingerprint density at radius 1 is 1.31 bits per heavy atom. The largest absolute Gasteiger partial charge is 0.380 e. The maximum Gasteiger partial charge on any atom is 0.0891 e. The van der Waals surface area contributed by atoms with Crippen LogP contribution in [0, 0.1) is 0 Å². The Kier molecular flexibility index (Phi) is 4.68. The average Bonchev–Trinajstić information content (AvgIpc) is 2.51. The first kappa shape index (κ1) is 10.4. The molecule has 0 aromatic rings. The summed E-state index contributed by atoms with van der Waals surface area (Å²) in [5.74, 6) is 0. The summed E-state index contributed by atoms with van der Waals surface area (Å²) in [5.41, 5.74) is 0. The Balaban J connectivity index is 1.92. The third-order valence-corrected chi connectivity index (χ3v) is 2.10. The molecule has 0 aromatic carbocycles. The van der Waals surface area contributed by atoms with Gasteiger partial charge in [-0.3, -0.25) is 0 Å². The van der Waals surface area contributed by atoms with Crippen molar-refractivity contribution in [3.63, 3.8) is 0 Å². The molecular formula is C10H20N2O. The van der Waals surface area contributed by atoms with Gasteiger partial charge in [-0.15, -0.1) is 0 Å². The number of hydrogen-bond acceptors (Lipinski definition) is 3. The van der Waals surface area contributed by atoms with Crippen molar-refractivity contribution >= 4 is 0 Å². The number of unbranched alkanes of at least 4 members (excludes halogenated alkanes) is 1. The second-order valence-electron chi connectivity index (χ2n) is 3.47. The van der Waals surface area contributed by atoms with E-state index in [4.69, 9.17) is 4.74 Å². The Hall–Kier alpha value is -0.700. The zero-order valence-corrected chi connectivity index (χ0v) is 8.70. The highest BCUT2D eigenvalue weighted by Gasteiger charge is 2.06. The molecule has 1 aliphatic heterocycles. The smallest absolute Gasteiger partial charge is 0.0891 e. The van der Waals surface area contributed by atoms with Gasteiger partial charge in [-0.1, -0.05) is 13.3 Å². The molecule has 0 fully saturated rings. The summed E-state index contributed by atoms with van der Waals surface area (Å²) < 4.78 is 5.48. The van der Waals surface area contributed by atoms with Crippen molar-refractivity contribution in [3.8, 4) is 0 Å². The third-order valence-electron chi connectivity index (χ3n) is 2.10. The highest BCUT2D eigenvalue weighted by molar-refractivity contribution is 4.88. The lowest BCUT2D eigenvalue weighted by atomic mass is 10.4. The topological polar surface area (TPSA) is 15.7 Å². The van der Waals surface area contributed by atoms with E-state index in [1.54, 1.807) is 0 Å². The molecule has 0 aliphatic carbocycles. The maximum atomic E-state index is 5.48. The van der Waals surface area contributed by atoms with Crippen molar-refractivity contribution in [3.05, 3.63) is 12.4 Å². The highest BCUT2D eigenvalue weighted by Crippen LogP contribution is 2.02. The van der Waals surface area contributed by atoms with Gasteiger partial charge < -0.3 is 14.5 Å². The molecule has 0 aromatic heterocycles. The van der Waals surface area contributed by atoms with Crippen LogP contribution in [0.3, 0.4) is 0 Å². The zero-order chi connectivity index (χ0) is 9.52. The molecule has 0 unspecified atom stereocenters. The molecule has 0 radical (unpaired) electrons. The molecule has 13 heavy (non-hydrogen) atoms. The highest BCUT2D eigenvalue weighted by atomic mass is 16.5. The van der Waals surface area contributed by atoms with Gasteiger partial charge >= 0.3 is 0 Å². The van der Waals surface area contributed by atoms with Crippen LogP contribution in [0.2, 0.25) is 0 Å². The van der Waals surface area contributed by atoms with Crippen molar-refractivity contribution < 1.29 is 4.74 Å². The van der Waals surface area contributed by atoms with E-state index in [1.807, 2.05) is 0 Å². The normalized spacial score (nSPS) is 15.8. The van der Waals surface area contributed by atoms with Crippen molar-refractivity contribution in [1.29, 1.82) is 0 Å². The minimum absolute atomic E-state index is 0.845. The van der Waals surface area contributed by atoms with Gasteiger partial charge in [0, 0.05) is 32.6 Å². The molecule has 0 bridgehead atoms. The number of rotatable bonds is 6. The van der Waals surface area contributed by atoms with Crippen molar-refractivity contribution in [1.82, 2.24) is 9.80 Å². The third kappa shape index (κ3) is 4.18. The summed E-state index contributed by atoms with van der Waals surface area (Å²) in [6.07, 6.45) is 6.59. The van der Waals surface area contributed by atoms with Crippen molar-refractivity contribution in [2.75, 3.05) is 33.5 Å². The predicted octanol–water partition coefficient (Wildman–Crippen LogP) is 1.48. The van der Waals surface area contributed by atoms with Crippen LogP contribution < -0.4 is 0 Å². The molecule has 1 aliphatic rings. The molecule has 0 N–H and O–H groups in total. The molecule has 0 saturated carbocycles. The number of ether oxygens (including phenoxy) is 1. The van der Waals surface area contributed by atoms with Gasteiger partial charge in [-0.05, 0) is 6.42 Å². The fourth-order valence-electron chi connectivity index (χ4n) is 1.26. The fraction of sp³-hybridized carbons (Fsp3) is 0.800. The van der Waals surface area contributed by atoms with E-state index in [9.17, 15) is 0 Å². The van der Waals surface area contributed by atoms with Gasteiger partial charge in [0.25, 0.3) is 0 Å². The van der Waals surface area contributed by atoms with Crippen LogP contribution in [0.5, 0.6) is 0 Å². The molecule has 3 nitrogen and oxygen atoms in total. The first-order valence-corrected chi connectivity index (χ1v) is 5.03. The monoisotopic (exact) mass is 184 g/mol. The van der Waals surface area contributed by atoms with Crippen molar-refractivity contribution in [2.45, 2.75) is 19.8 Å². The SMILES string of the molecule is CCCCOCCN1C=CN(C)C1. The lowest BCUT2D eigenvalue weighted by Gasteiger charge is -2.17. The summed E-state index contributed by atoms with van der Waals surface area (Å²) in [4.78, 5) is 4.41. The van der Waals surface area contributed by atoms with E-state index in [2.05, 4.69) is 36.2 Å². The summed E-state index contributed by atoms with van der Waals surface area (Å²) in [5, 5.41) is 0. The molecule has 0 atom stereocenters. The summed E-state index contributed by atoms with van der Waals surface area (Å²) >= 11 is 0. The first-order chi connectivity index (χ1) is 6.33. The summed E-state index contributed by atoms with van der Waals surface area (Å²) in [7, 11) is 2.08. The van der Waals surface area contributed by atoms with Crippen LogP contribution in [0.25, 0.3) is 0 Å². The van der Waals surface area contributed by atoms with E-state index < -0.39 is 0 Å². The Labute approximate surface area is 81.0 Å². The molecule has 76 valence electrons. The van der Waals surface area contributed by atoms with Crippen molar-refractivity contribution in [2.24, 2.45) is 0 Å². The molecule has 3 heteroatoms. The molecule has 0 spiro atoms. The summed E-state index contributed by atoms with van der Waals surface area (Å²) in [6, 6.07) is 0. The van der Waals surface area contributed by atoms with Crippen LogP contribution >= 0.6 is 0 Å². The van der Waals surface area contributed by atoms with Crippen LogP contribution in [0.1, 0.15) is 19.8 Å². The number of nitrogens with zero attached hydrogens (tertiary/aromatic N) is 2. The molecule has 1 rings (SSSR count). The second kappa shape index (κ2) is 5.86. The first-order valence-electron chi connectivity index (χ1n) is 5.03. The Morgan fingerprint density at radius 2 is 2.15 bits per heavy atom. The summed E-state index contributed by atoms with van der Waals surface area (Å²) in [6.45, 7) is 5.94. The molecular weight excluding hydrogens is 164 g/mol. The van der Waals surface area contributed by atoms with Gasteiger partial charge in [-0.25, -0.2) is 0 Å². The zero-order valence-electron chi connectivity index (χ0n) is 8.70. The number of hydrogen-bond donors (Lipinski definition) is 0. The molecule has 0 amide bonds. The van der Waals surface area contributed by atoms with Crippen LogP contribution in [0.4, 0.5) is 0 Å². The molecule has 0 saturated heterocycles. The quantitative estimate of drug-likeness (QED) is 0.581. The Bertz CT molecular complexity index is 159. The minimum atomic E-state index is 0.845. The minimum Gasteiger partial charge on any atom is -0.380 e. The van der Waals surface area contributed by atoms with Gasteiger partial charge in [-0.2, -0.15) is 0 Å². The Morgan fingerprint density at radius 3 is 2.77 bits per heavy atom. The maximum absolute atomic E-state index is 5.48. The fourth-order valence-corrected chi connectivity index (χ4v) is 1.26. The van der Waals surface area contributed by atoms with E-state index in [1.165, 1.54) is 12.8 Å². The lowest BCUT2D eigenvalue weighted by Crippen LogP contribution is -2.25. The van der Waals surface area contributed by atoms with E-state index in [0.29, 0.717) is 0 Å². The van der Waals surface area contributed by atoms with Gasteiger partial charge in [0.2, 0.25) is 0 Å². The van der Waals surface area contributed by atoms with E-state index in [0.717, 1.165) is 26.4 Å². The lowest BCUT2D eigenvalue weighted by molar-refractivity contribution is 0.110. The van der Waals surface area contributed by atoms with Crippen LogP contribution in [-0.4, -0.2) is 43.3 Å². The average molecular weight is 184 g/mol. The van der Waals surface area contributed by atoms with Crippen LogP contribution in [-0.2, 0) is 4.74 Å². The second-order valence-corrected chi connectivity index (χ2v) is 3.47. The van der Waals surface area contributed by atoms with E-state index in [-0.39, 0.29) is 0 Å². The molecule has 1 heterocycles. The van der Waals surface area contributed by atoms with Gasteiger partial charge in [0.05, 0.1) is 13.3 Å². The van der Waals surface area contributed by atoms with Crippen LogP contribution in [0.15, 0.2) is 12.4 Å². The standard InChI is InChI=1S/C10H20N2O/c1-3-4-8-13-9-7-12-6-5-11(2)10-12/h5-6H,3-4,7-10H2,1-2H3. The predicted molar refractivity (Wildman–Crippen MR) is 54.2 cm³/mol. The van der Waals surface area contributed by atoms with Gasteiger partial charge in [0.1, 0.15) is 0 Å². The van der Waals surface area contributed by atoms with E-state index >= 15 is 0 Å². The van der Waals surface area contributed by atoms with Gasteiger partial charge in [0.15, 0.2) is 0 Å².